The quantitative estimate of drug-likeness (QED) is 0.350. The summed E-state index contributed by atoms with van der Waals surface area (Å²) in [6.45, 7) is 0. The standard InChI is InChI=1S/C15H16N4O2/c1-19(15(20)17-12-5-3-2-4-6-12)13-9-7-11(8-10-13)14(16)18-21/h2-10,21H,1H3,(H2,16,18)(H,17,20). The zero-order valence-corrected chi connectivity index (χ0v) is 11.5. The maximum absolute atomic E-state index is 12.1. The molecule has 21 heavy (non-hydrogen) atoms. The van der Waals surface area contributed by atoms with Crippen LogP contribution in [0.1, 0.15) is 5.56 Å². The molecule has 0 aliphatic heterocycles. The molecule has 2 aromatic rings. The lowest BCUT2D eigenvalue weighted by Crippen LogP contribution is -2.31. The molecule has 0 saturated heterocycles. The molecule has 0 aliphatic rings. The van der Waals surface area contributed by atoms with Gasteiger partial charge in [0.1, 0.15) is 0 Å². The minimum atomic E-state index is -0.252. The third kappa shape index (κ3) is 3.50. The molecule has 6 heteroatoms. The maximum Gasteiger partial charge on any atom is 0.326 e. The Bertz CT molecular complexity index is 638. The van der Waals surface area contributed by atoms with Gasteiger partial charge >= 0.3 is 6.03 Å². The third-order valence-electron chi connectivity index (χ3n) is 2.99. The molecule has 0 bridgehead atoms. The summed E-state index contributed by atoms with van der Waals surface area (Å²) in [5, 5.41) is 14.3. The van der Waals surface area contributed by atoms with Gasteiger partial charge < -0.3 is 16.3 Å². The summed E-state index contributed by atoms with van der Waals surface area (Å²) in [7, 11) is 1.66. The lowest BCUT2D eigenvalue weighted by Gasteiger charge is -2.18. The summed E-state index contributed by atoms with van der Waals surface area (Å²) in [6, 6.07) is 15.7. The summed E-state index contributed by atoms with van der Waals surface area (Å²) in [5.74, 6) is 0.0259. The monoisotopic (exact) mass is 284 g/mol. The van der Waals surface area contributed by atoms with Crippen molar-refractivity contribution < 1.29 is 10.0 Å². The molecule has 0 aromatic heterocycles. The summed E-state index contributed by atoms with van der Waals surface area (Å²) >= 11 is 0. The van der Waals surface area contributed by atoms with E-state index in [1.54, 1.807) is 31.3 Å². The van der Waals surface area contributed by atoms with E-state index in [0.717, 1.165) is 5.69 Å². The SMILES string of the molecule is CN(C(=O)Nc1ccccc1)c1ccc(C(N)=NO)cc1. The number of hydrogen-bond acceptors (Lipinski definition) is 3. The van der Waals surface area contributed by atoms with Crippen molar-refractivity contribution in [3.63, 3.8) is 0 Å². The lowest BCUT2D eigenvalue weighted by molar-refractivity contribution is 0.258. The lowest BCUT2D eigenvalue weighted by atomic mass is 10.2. The highest BCUT2D eigenvalue weighted by Crippen LogP contribution is 2.15. The molecule has 0 spiro atoms. The smallest absolute Gasteiger partial charge is 0.326 e. The van der Waals surface area contributed by atoms with Crippen molar-refractivity contribution in [2.24, 2.45) is 10.9 Å². The zero-order chi connectivity index (χ0) is 15.2. The van der Waals surface area contributed by atoms with Crippen molar-refractivity contribution in [1.82, 2.24) is 0 Å². The molecular formula is C15H16N4O2. The summed E-state index contributed by atoms with van der Waals surface area (Å²) in [4.78, 5) is 13.6. The van der Waals surface area contributed by atoms with Crippen LogP contribution in [0.25, 0.3) is 0 Å². The second-order valence-corrected chi connectivity index (χ2v) is 4.39. The van der Waals surface area contributed by atoms with Crippen LogP contribution in [0.15, 0.2) is 59.8 Å². The van der Waals surface area contributed by atoms with E-state index in [1.807, 2.05) is 30.3 Å². The topological polar surface area (TPSA) is 91.0 Å². The predicted molar refractivity (Wildman–Crippen MR) is 82.8 cm³/mol. The largest absolute Gasteiger partial charge is 0.409 e. The first kappa shape index (κ1) is 14.4. The number of benzene rings is 2. The van der Waals surface area contributed by atoms with Gasteiger partial charge in [0.25, 0.3) is 0 Å². The van der Waals surface area contributed by atoms with Gasteiger partial charge in [-0.3, -0.25) is 4.90 Å². The van der Waals surface area contributed by atoms with Crippen molar-refractivity contribution in [3.8, 4) is 0 Å². The van der Waals surface area contributed by atoms with Gasteiger partial charge in [-0.2, -0.15) is 0 Å². The van der Waals surface area contributed by atoms with Crippen LogP contribution in [0.5, 0.6) is 0 Å². The van der Waals surface area contributed by atoms with E-state index in [9.17, 15) is 4.79 Å². The Labute approximate surface area is 122 Å². The normalized spacial score (nSPS) is 11.0. The van der Waals surface area contributed by atoms with Crippen LogP contribution in [0.2, 0.25) is 0 Å². The number of rotatable bonds is 3. The first-order valence-corrected chi connectivity index (χ1v) is 6.29. The number of nitrogens with one attached hydrogen (secondary N) is 1. The number of amidine groups is 1. The summed E-state index contributed by atoms with van der Waals surface area (Å²) in [5.41, 5.74) is 7.49. The van der Waals surface area contributed by atoms with Crippen molar-refractivity contribution in [2.75, 3.05) is 17.3 Å². The first-order chi connectivity index (χ1) is 10.1. The number of oxime groups is 1. The number of anilines is 2. The van der Waals surface area contributed by atoms with Crippen LogP contribution in [0.4, 0.5) is 16.2 Å². The fourth-order valence-corrected chi connectivity index (χ4v) is 1.76. The van der Waals surface area contributed by atoms with Gasteiger partial charge in [-0.05, 0) is 36.4 Å². The molecule has 2 amide bonds. The van der Waals surface area contributed by atoms with Crippen LogP contribution in [0.3, 0.4) is 0 Å². The second kappa shape index (κ2) is 6.42. The number of hydrogen-bond donors (Lipinski definition) is 3. The molecule has 0 aliphatic carbocycles. The van der Waals surface area contributed by atoms with Crippen molar-refractivity contribution in [2.45, 2.75) is 0 Å². The summed E-state index contributed by atoms with van der Waals surface area (Å²) in [6.07, 6.45) is 0. The average Bonchev–Trinajstić information content (AvgIpc) is 2.54. The van der Waals surface area contributed by atoms with Gasteiger partial charge in [0.15, 0.2) is 5.84 Å². The van der Waals surface area contributed by atoms with E-state index in [0.29, 0.717) is 11.3 Å². The number of carbonyl (C=O) groups excluding carboxylic acids is 1. The Morgan fingerprint density at radius 3 is 2.33 bits per heavy atom. The molecule has 0 atom stereocenters. The average molecular weight is 284 g/mol. The molecule has 2 aromatic carbocycles. The van der Waals surface area contributed by atoms with Crippen LogP contribution in [-0.4, -0.2) is 24.1 Å². The first-order valence-electron chi connectivity index (χ1n) is 6.29. The van der Waals surface area contributed by atoms with E-state index < -0.39 is 0 Å². The van der Waals surface area contributed by atoms with E-state index >= 15 is 0 Å². The van der Waals surface area contributed by atoms with E-state index in [-0.39, 0.29) is 11.9 Å². The molecule has 0 radical (unpaired) electrons. The molecule has 0 saturated carbocycles. The highest BCUT2D eigenvalue weighted by molar-refractivity contribution is 6.02. The minimum Gasteiger partial charge on any atom is -0.409 e. The molecular weight excluding hydrogens is 268 g/mol. The van der Waals surface area contributed by atoms with Crippen molar-refractivity contribution in [1.29, 1.82) is 0 Å². The van der Waals surface area contributed by atoms with Crippen LogP contribution >= 0.6 is 0 Å². The minimum absolute atomic E-state index is 0.0259. The number of nitrogens with zero attached hydrogens (tertiary/aromatic N) is 2. The van der Waals surface area contributed by atoms with Gasteiger partial charge in [0.2, 0.25) is 0 Å². The number of para-hydroxylation sites is 1. The molecule has 0 unspecified atom stereocenters. The second-order valence-electron chi connectivity index (χ2n) is 4.39. The Morgan fingerprint density at radius 2 is 1.76 bits per heavy atom. The molecule has 2 rings (SSSR count). The Hall–Kier alpha value is -3.02. The molecule has 4 N–H and O–H groups in total. The van der Waals surface area contributed by atoms with Gasteiger partial charge in [0, 0.05) is 24.0 Å². The fourth-order valence-electron chi connectivity index (χ4n) is 1.76. The van der Waals surface area contributed by atoms with Gasteiger partial charge in [-0.15, -0.1) is 0 Å². The number of nitrogens with two attached hydrogens (primary N) is 1. The van der Waals surface area contributed by atoms with E-state index in [4.69, 9.17) is 10.9 Å². The molecule has 108 valence electrons. The highest BCUT2D eigenvalue weighted by atomic mass is 16.4. The Morgan fingerprint density at radius 1 is 1.14 bits per heavy atom. The van der Waals surface area contributed by atoms with Crippen molar-refractivity contribution >= 4 is 23.2 Å². The van der Waals surface area contributed by atoms with Crippen molar-refractivity contribution in [3.05, 3.63) is 60.2 Å². The zero-order valence-electron chi connectivity index (χ0n) is 11.5. The third-order valence-corrected chi connectivity index (χ3v) is 2.99. The fraction of sp³-hybridized carbons (Fsp3) is 0.0667. The van der Waals surface area contributed by atoms with E-state index in [1.165, 1.54) is 4.90 Å². The van der Waals surface area contributed by atoms with Gasteiger partial charge in [-0.25, -0.2) is 4.79 Å². The Balaban J connectivity index is 2.09. The van der Waals surface area contributed by atoms with Crippen LogP contribution in [-0.2, 0) is 0 Å². The predicted octanol–water partition coefficient (Wildman–Crippen LogP) is 2.45. The number of urea groups is 1. The number of amides is 2. The van der Waals surface area contributed by atoms with E-state index in [2.05, 4.69) is 10.5 Å². The number of carbonyl (C=O) groups is 1. The van der Waals surface area contributed by atoms with Gasteiger partial charge in [-0.1, -0.05) is 23.4 Å². The van der Waals surface area contributed by atoms with Crippen LogP contribution < -0.4 is 16.0 Å². The highest BCUT2D eigenvalue weighted by Gasteiger charge is 2.11. The van der Waals surface area contributed by atoms with Crippen LogP contribution in [0, 0.1) is 0 Å². The molecule has 0 fully saturated rings. The Kier molecular flexibility index (Phi) is 4.40. The summed E-state index contributed by atoms with van der Waals surface area (Å²) < 4.78 is 0. The maximum atomic E-state index is 12.1. The molecule has 6 nitrogen and oxygen atoms in total. The van der Waals surface area contributed by atoms with Gasteiger partial charge in [0.05, 0.1) is 0 Å². The molecule has 0 heterocycles.